The molecule has 170 valence electrons. The molecular weight excluding hydrogens is 372 g/mol. The van der Waals surface area contributed by atoms with Crippen molar-refractivity contribution >= 4 is 11.7 Å². The summed E-state index contributed by atoms with van der Waals surface area (Å²) in [6, 6.07) is 0.237. The molecule has 0 radical (unpaired) electrons. The van der Waals surface area contributed by atoms with E-state index in [1.165, 1.54) is 38.5 Å². The Bertz CT molecular complexity index is 712. The van der Waals surface area contributed by atoms with Gasteiger partial charge in [-0.05, 0) is 87.4 Å². The largest absolute Gasteiger partial charge is 0.353 e. The molecule has 0 spiro atoms. The quantitative estimate of drug-likeness (QED) is 0.693. The highest BCUT2D eigenvalue weighted by Crippen LogP contribution is 2.64. The van der Waals surface area contributed by atoms with Gasteiger partial charge < -0.3 is 10.6 Å². The first-order chi connectivity index (χ1) is 13.9. The van der Waals surface area contributed by atoms with Gasteiger partial charge in [0, 0.05) is 22.9 Å². The molecule has 1 saturated heterocycles. The van der Waals surface area contributed by atoms with Gasteiger partial charge in [0.25, 0.3) is 0 Å². The molecule has 0 aromatic rings. The van der Waals surface area contributed by atoms with Gasteiger partial charge in [0.1, 0.15) is 5.78 Å². The van der Waals surface area contributed by atoms with Gasteiger partial charge >= 0.3 is 0 Å². The standard InChI is InChI=1S/C26H44N2O2/c1-15-18-9-8-17-20-11-10-19(16(2)28-23(30)24(3,4)5)25(20,6)13-12-21(17)26(18,7)27-14-22(15)29/h15-21,27H,8-14H2,1-7H3,(H,28,30)/t15?,16?,17-,18?,19+,20-,21-,25+,26-/m0/s1. The molecule has 1 heterocycles. The zero-order valence-electron chi connectivity index (χ0n) is 20.3. The first-order valence-electron chi connectivity index (χ1n) is 12.5. The fraction of sp³-hybridized carbons (Fsp3) is 0.923. The lowest BCUT2D eigenvalue weighted by Crippen LogP contribution is -2.68. The number of nitrogens with one attached hydrogen (secondary N) is 2. The molecule has 0 aromatic carbocycles. The molecule has 4 nitrogen and oxygen atoms in total. The highest BCUT2D eigenvalue weighted by atomic mass is 16.2. The third-order valence-corrected chi connectivity index (χ3v) is 10.3. The average molecular weight is 417 g/mol. The van der Waals surface area contributed by atoms with Crippen LogP contribution in [0.4, 0.5) is 0 Å². The molecule has 1 amide bonds. The molecule has 4 fully saturated rings. The summed E-state index contributed by atoms with van der Waals surface area (Å²) in [7, 11) is 0. The normalized spacial score (nSPS) is 47.1. The van der Waals surface area contributed by atoms with Gasteiger partial charge in [0.15, 0.2) is 0 Å². The van der Waals surface area contributed by atoms with E-state index in [4.69, 9.17) is 0 Å². The molecule has 4 heteroatoms. The van der Waals surface area contributed by atoms with E-state index in [0.717, 1.165) is 11.8 Å². The Morgan fingerprint density at radius 1 is 1.07 bits per heavy atom. The van der Waals surface area contributed by atoms with Crippen LogP contribution in [0.1, 0.15) is 87.0 Å². The lowest BCUT2D eigenvalue weighted by molar-refractivity contribution is -0.139. The number of hydrogen-bond donors (Lipinski definition) is 2. The summed E-state index contributed by atoms with van der Waals surface area (Å²) in [5.41, 5.74) is 0.103. The van der Waals surface area contributed by atoms with Crippen LogP contribution in [-0.2, 0) is 9.59 Å². The van der Waals surface area contributed by atoms with Gasteiger partial charge in [-0.3, -0.25) is 9.59 Å². The number of piperidine rings is 1. The van der Waals surface area contributed by atoms with Crippen LogP contribution < -0.4 is 10.6 Å². The maximum absolute atomic E-state index is 12.6. The molecule has 9 atom stereocenters. The van der Waals surface area contributed by atoms with Crippen LogP contribution in [0.15, 0.2) is 0 Å². The third kappa shape index (κ3) is 3.27. The number of carbonyl (C=O) groups is 2. The van der Waals surface area contributed by atoms with Crippen molar-refractivity contribution in [3.05, 3.63) is 0 Å². The Hall–Kier alpha value is -0.900. The van der Waals surface area contributed by atoms with Gasteiger partial charge in [0.2, 0.25) is 5.91 Å². The second kappa shape index (κ2) is 7.32. The fourth-order valence-electron chi connectivity index (χ4n) is 8.46. The first-order valence-corrected chi connectivity index (χ1v) is 12.5. The van der Waals surface area contributed by atoms with Crippen LogP contribution in [0.3, 0.4) is 0 Å². The van der Waals surface area contributed by atoms with Crippen LogP contribution in [0, 0.1) is 46.3 Å². The van der Waals surface area contributed by atoms with E-state index in [9.17, 15) is 9.59 Å². The molecule has 3 saturated carbocycles. The van der Waals surface area contributed by atoms with Crippen molar-refractivity contribution < 1.29 is 9.59 Å². The third-order valence-electron chi connectivity index (χ3n) is 10.3. The van der Waals surface area contributed by atoms with E-state index < -0.39 is 0 Å². The highest BCUT2D eigenvalue weighted by molar-refractivity contribution is 5.84. The number of fused-ring (bicyclic) bond motifs is 5. The van der Waals surface area contributed by atoms with Gasteiger partial charge in [-0.25, -0.2) is 0 Å². The predicted molar refractivity (Wildman–Crippen MR) is 121 cm³/mol. The summed E-state index contributed by atoms with van der Waals surface area (Å²) in [4.78, 5) is 25.0. The maximum Gasteiger partial charge on any atom is 0.225 e. The van der Waals surface area contributed by atoms with Crippen LogP contribution in [-0.4, -0.2) is 29.8 Å². The van der Waals surface area contributed by atoms with Crippen molar-refractivity contribution in [2.75, 3.05) is 6.54 Å². The number of Topliss-reactive ketones (excluding diaryl/α,β-unsaturated/α-hetero) is 1. The minimum atomic E-state index is -0.335. The van der Waals surface area contributed by atoms with Crippen molar-refractivity contribution in [1.29, 1.82) is 0 Å². The average Bonchev–Trinajstić information content (AvgIpc) is 3.01. The number of rotatable bonds is 2. The summed E-state index contributed by atoms with van der Waals surface area (Å²) in [5.74, 6) is 4.04. The second-order valence-electron chi connectivity index (χ2n) is 12.7. The highest BCUT2D eigenvalue weighted by Gasteiger charge is 2.61. The first kappa shape index (κ1) is 22.3. The monoisotopic (exact) mass is 416 g/mol. The molecule has 1 aliphatic heterocycles. The lowest BCUT2D eigenvalue weighted by atomic mass is 9.47. The molecule has 0 aromatic heterocycles. The Morgan fingerprint density at radius 3 is 2.40 bits per heavy atom. The summed E-state index contributed by atoms with van der Waals surface area (Å²) < 4.78 is 0. The van der Waals surface area contributed by atoms with Crippen molar-refractivity contribution in [1.82, 2.24) is 10.6 Å². The Morgan fingerprint density at radius 2 is 1.73 bits per heavy atom. The lowest BCUT2D eigenvalue weighted by Gasteiger charge is -2.61. The van der Waals surface area contributed by atoms with Gasteiger partial charge in [-0.2, -0.15) is 0 Å². The predicted octanol–water partition coefficient (Wildman–Crippen LogP) is 4.57. The molecule has 3 unspecified atom stereocenters. The van der Waals surface area contributed by atoms with Crippen LogP contribution in [0.2, 0.25) is 0 Å². The summed E-state index contributed by atoms with van der Waals surface area (Å²) in [6.07, 6.45) is 7.51. The summed E-state index contributed by atoms with van der Waals surface area (Å²) in [5, 5.41) is 7.11. The fourth-order valence-corrected chi connectivity index (χ4v) is 8.46. The number of hydrogen-bond acceptors (Lipinski definition) is 3. The zero-order valence-corrected chi connectivity index (χ0v) is 20.3. The van der Waals surface area contributed by atoms with Crippen LogP contribution >= 0.6 is 0 Å². The minimum absolute atomic E-state index is 0.113. The van der Waals surface area contributed by atoms with E-state index in [0.29, 0.717) is 35.5 Å². The SMILES string of the molecule is CC1C(=O)CN[C@@]2(C)C1CC[C@H]1[C@@H]3CC[C@H](C(C)NC(=O)C(C)(C)C)[C@@]3(C)CC[C@@H]12. The summed E-state index contributed by atoms with van der Waals surface area (Å²) in [6.45, 7) is 15.9. The topological polar surface area (TPSA) is 58.2 Å². The van der Waals surface area contributed by atoms with E-state index in [1.807, 2.05) is 20.8 Å². The van der Waals surface area contributed by atoms with Gasteiger partial charge in [-0.1, -0.05) is 34.6 Å². The van der Waals surface area contributed by atoms with Crippen molar-refractivity contribution in [3.8, 4) is 0 Å². The van der Waals surface area contributed by atoms with E-state index in [-0.39, 0.29) is 28.8 Å². The molecule has 4 aliphatic rings. The molecular formula is C26H44N2O2. The maximum atomic E-state index is 12.6. The molecule has 30 heavy (non-hydrogen) atoms. The Balaban J connectivity index is 1.53. The van der Waals surface area contributed by atoms with Gasteiger partial charge in [-0.15, -0.1) is 0 Å². The zero-order chi connectivity index (χ0) is 22.1. The van der Waals surface area contributed by atoms with Gasteiger partial charge in [0.05, 0.1) is 6.54 Å². The van der Waals surface area contributed by atoms with Crippen LogP contribution in [0.25, 0.3) is 0 Å². The Kier molecular flexibility index (Phi) is 5.44. The van der Waals surface area contributed by atoms with Crippen LogP contribution in [0.5, 0.6) is 0 Å². The van der Waals surface area contributed by atoms with Crippen molar-refractivity contribution in [3.63, 3.8) is 0 Å². The molecule has 3 aliphatic carbocycles. The summed E-state index contributed by atoms with van der Waals surface area (Å²) >= 11 is 0. The van der Waals surface area contributed by atoms with Crippen molar-refractivity contribution in [2.45, 2.75) is 98.6 Å². The van der Waals surface area contributed by atoms with E-state index >= 15 is 0 Å². The van der Waals surface area contributed by atoms with E-state index in [2.05, 4.69) is 38.3 Å². The number of amides is 1. The smallest absolute Gasteiger partial charge is 0.225 e. The van der Waals surface area contributed by atoms with E-state index in [1.54, 1.807) is 0 Å². The molecule has 2 N–H and O–H groups in total. The number of ketones is 1. The molecule has 4 rings (SSSR count). The van der Waals surface area contributed by atoms with Crippen molar-refractivity contribution in [2.24, 2.45) is 46.3 Å². The second-order valence-corrected chi connectivity index (χ2v) is 12.7. The number of carbonyl (C=O) groups excluding carboxylic acids is 2. The molecule has 0 bridgehead atoms. The Labute approximate surface area is 183 Å². The minimum Gasteiger partial charge on any atom is -0.353 e.